The van der Waals surface area contributed by atoms with Crippen molar-refractivity contribution < 1.29 is 17.9 Å². The highest BCUT2D eigenvalue weighted by Crippen LogP contribution is 2.18. The van der Waals surface area contributed by atoms with Crippen LogP contribution in [0.3, 0.4) is 0 Å². The fourth-order valence-electron chi connectivity index (χ4n) is 1.98. The highest BCUT2D eigenvalue weighted by Gasteiger charge is 2.32. The first kappa shape index (κ1) is 20.4. The fraction of sp³-hybridized carbons (Fsp3) is 0.588. The van der Waals surface area contributed by atoms with Crippen molar-refractivity contribution in [3.05, 3.63) is 24.3 Å². The summed E-state index contributed by atoms with van der Waals surface area (Å²) in [7, 11) is -0.0688. The highest BCUT2D eigenvalue weighted by molar-refractivity contribution is 7.89. The third-order valence-electron chi connectivity index (χ3n) is 3.27. The predicted octanol–water partition coefficient (Wildman–Crippen LogP) is 2.40. The van der Waals surface area contributed by atoms with E-state index in [1.54, 1.807) is 46.8 Å². The molecular weight excluding hydrogens is 328 g/mol. The van der Waals surface area contributed by atoms with Crippen LogP contribution in [0, 0.1) is 5.92 Å². The van der Waals surface area contributed by atoms with E-state index in [9.17, 15) is 13.2 Å². The zero-order chi connectivity index (χ0) is 18.7. The van der Waals surface area contributed by atoms with Crippen molar-refractivity contribution in [2.24, 2.45) is 5.92 Å². The first-order chi connectivity index (χ1) is 10.8. The van der Waals surface area contributed by atoms with Crippen LogP contribution in [0.1, 0.15) is 34.6 Å². The number of anilines is 1. The highest BCUT2D eigenvalue weighted by atomic mass is 32.2. The number of nitrogens with one attached hydrogen (secondary N) is 1. The fourth-order valence-corrected chi connectivity index (χ4v) is 3.31. The monoisotopic (exact) mass is 356 g/mol. The molecule has 0 fully saturated rings. The molecule has 0 aromatic heterocycles. The lowest BCUT2D eigenvalue weighted by Gasteiger charge is -2.26. The van der Waals surface area contributed by atoms with Crippen molar-refractivity contribution in [2.75, 3.05) is 19.0 Å². The molecule has 0 bridgehead atoms. The van der Waals surface area contributed by atoms with Crippen LogP contribution >= 0.6 is 0 Å². The van der Waals surface area contributed by atoms with Gasteiger partial charge in [-0.05, 0) is 51.0 Å². The van der Waals surface area contributed by atoms with Crippen molar-refractivity contribution in [3.8, 4) is 0 Å². The first-order valence-corrected chi connectivity index (χ1v) is 9.34. The minimum atomic E-state index is -3.82. The molecule has 1 N–H and O–H groups in total. The van der Waals surface area contributed by atoms with Crippen LogP contribution in [0.4, 0.5) is 5.69 Å². The van der Waals surface area contributed by atoms with E-state index < -0.39 is 27.6 Å². The van der Waals surface area contributed by atoms with Gasteiger partial charge in [-0.25, -0.2) is 8.42 Å². The van der Waals surface area contributed by atoms with Gasteiger partial charge < -0.3 is 9.64 Å². The van der Waals surface area contributed by atoms with Gasteiger partial charge in [0.25, 0.3) is 0 Å². The SMILES string of the molecule is CC(C)[C@@H](NS(=O)(=O)c1ccc(N(C)C)cc1)C(=O)OC(C)(C)C. The van der Waals surface area contributed by atoms with Crippen LogP contribution in [0.25, 0.3) is 0 Å². The number of hydrogen-bond donors (Lipinski definition) is 1. The number of nitrogens with zero attached hydrogens (tertiary/aromatic N) is 1. The van der Waals surface area contributed by atoms with Crippen LogP contribution in [0.5, 0.6) is 0 Å². The van der Waals surface area contributed by atoms with Crippen LogP contribution in [0.2, 0.25) is 0 Å². The van der Waals surface area contributed by atoms with Gasteiger partial charge in [-0.2, -0.15) is 4.72 Å². The molecule has 7 heteroatoms. The quantitative estimate of drug-likeness (QED) is 0.792. The predicted molar refractivity (Wildman–Crippen MR) is 95.6 cm³/mol. The summed E-state index contributed by atoms with van der Waals surface area (Å²) in [6.45, 7) is 8.78. The number of carbonyl (C=O) groups excluding carboxylic acids is 1. The molecule has 0 saturated heterocycles. The van der Waals surface area contributed by atoms with Gasteiger partial charge in [0.2, 0.25) is 10.0 Å². The maximum absolute atomic E-state index is 12.6. The van der Waals surface area contributed by atoms with Gasteiger partial charge in [0.15, 0.2) is 0 Å². The van der Waals surface area contributed by atoms with Gasteiger partial charge in [-0.1, -0.05) is 13.8 Å². The van der Waals surface area contributed by atoms with Crippen LogP contribution < -0.4 is 9.62 Å². The Labute approximate surface area is 145 Å². The number of carbonyl (C=O) groups is 1. The summed E-state index contributed by atoms with van der Waals surface area (Å²) in [5, 5.41) is 0. The smallest absolute Gasteiger partial charge is 0.324 e. The molecule has 24 heavy (non-hydrogen) atoms. The number of hydrogen-bond acceptors (Lipinski definition) is 5. The molecule has 0 unspecified atom stereocenters. The summed E-state index contributed by atoms with van der Waals surface area (Å²) >= 11 is 0. The molecule has 1 atom stereocenters. The Balaban J connectivity index is 3.02. The van der Waals surface area contributed by atoms with Crippen LogP contribution in [-0.4, -0.2) is 40.1 Å². The summed E-state index contributed by atoms with van der Waals surface area (Å²) in [4.78, 5) is 14.3. The molecule has 1 rings (SSSR count). The van der Waals surface area contributed by atoms with Crippen LogP contribution in [-0.2, 0) is 19.6 Å². The minimum absolute atomic E-state index is 0.113. The Morgan fingerprint density at radius 1 is 1.12 bits per heavy atom. The maximum atomic E-state index is 12.6. The lowest BCUT2D eigenvalue weighted by Crippen LogP contribution is -2.47. The lowest BCUT2D eigenvalue weighted by molar-refractivity contribution is -0.158. The van der Waals surface area contributed by atoms with E-state index in [4.69, 9.17) is 4.74 Å². The molecule has 1 aromatic rings. The summed E-state index contributed by atoms with van der Waals surface area (Å²) in [5.74, 6) is -0.818. The van der Waals surface area contributed by atoms with Crippen LogP contribution in [0.15, 0.2) is 29.2 Å². The zero-order valence-corrected chi connectivity index (χ0v) is 16.3. The van der Waals surface area contributed by atoms with E-state index >= 15 is 0 Å². The Hall–Kier alpha value is -1.60. The summed E-state index contributed by atoms with van der Waals surface area (Å²) in [6, 6.07) is 5.52. The minimum Gasteiger partial charge on any atom is -0.459 e. The van der Waals surface area contributed by atoms with E-state index in [1.165, 1.54) is 12.1 Å². The number of sulfonamides is 1. The maximum Gasteiger partial charge on any atom is 0.324 e. The van der Waals surface area contributed by atoms with E-state index in [1.807, 2.05) is 19.0 Å². The summed E-state index contributed by atoms with van der Waals surface area (Å²) < 4.78 is 32.9. The van der Waals surface area contributed by atoms with Crippen molar-refractivity contribution in [1.82, 2.24) is 4.72 Å². The van der Waals surface area contributed by atoms with Gasteiger partial charge in [0.05, 0.1) is 4.90 Å². The van der Waals surface area contributed by atoms with E-state index in [0.717, 1.165) is 5.69 Å². The van der Waals surface area contributed by atoms with Crippen molar-refractivity contribution >= 4 is 21.7 Å². The second kappa shape index (κ2) is 7.53. The third kappa shape index (κ3) is 5.79. The van der Waals surface area contributed by atoms with Gasteiger partial charge in [0, 0.05) is 19.8 Å². The normalized spacial score (nSPS) is 13.7. The molecule has 0 amide bonds. The average molecular weight is 356 g/mol. The van der Waals surface area contributed by atoms with Gasteiger partial charge in [-0.15, -0.1) is 0 Å². The number of rotatable bonds is 6. The molecule has 0 spiro atoms. The van der Waals surface area contributed by atoms with E-state index in [0.29, 0.717) is 0 Å². The molecule has 0 radical (unpaired) electrons. The standard InChI is InChI=1S/C17H28N2O4S/c1-12(2)15(16(20)23-17(3,4)5)18-24(21,22)14-10-8-13(9-11-14)19(6)7/h8-12,15,18H,1-7H3/t15-/m1/s1. The molecular formula is C17H28N2O4S. The van der Waals surface area contributed by atoms with E-state index in [2.05, 4.69) is 4.72 Å². The topological polar surface area (TPSA) is 75.7 Å². The molecule has 0 heterocycles. The van der Waals surface area contributed by atoms with Gasteiger partial charge >= 0.3 is 5.97 Å². The molecule has 1 aromatic carbocycles. The van der Waals surface area contributed by atoms with Gasteiger partial charge in [-0.3, -0.25) is 4.79 Å². The largest absolute Gasteiger partial charge is 0.459 e. The molecule has 136 valence electrons. The number of ether oxygens (including phenoxy) is 1. The van der Waals surface area contributed by atoms with Crippen molar-refractivity contribution in [2.45, 2.75) is 51.2 Å². The van der Waals surface area contributed by atoms with Crippen molar-refractivity contribution in [3.63, 3.8) is 0 Å². The Morgan fingerprint density at radius 2 is 1.62 bits per heavy atom. The lowest BCUT2D eigenvalue weighted by atomic mass is 10.1. The second-order valence-electron chi connectivity index (χ2n) is 7.26. The average Bonchev–Trinajstić information content (AvgIpc) is 2.42. The Morgan fingerprint density at radius 3 is 2.00 bits per heavy atom. The molecule has 0 aliphatic carbocycles. The Kier molecular flexibility index (Phi) is 6.41. The second-order valence-corrected chi connectivity index (χ2v) is 8.98. The summed E-state index contributed by atoms with van der Waals surface area (Å²) in [6.07, 6.45) is 0. The molecule has 6 nitrogen and oxygen atoms in total. The summed E-state index contributed by atoms with van der Waals surface area (Å²) in [5.41, 5.74) is 0.213. The molecule has 0 saturated carbocycles. The van der Waals surface area contributed by atoms with Crippen molar-refractivity contribution in [1.29, 1.82) is 0 Å². The van der Waals surface area contributed by atoms with Gasteiger partial charge in [0.1, 0.15) is 11.6 Å². The zero-order valence-electron chi connectivity index (χ0n) is 15.5. The first-order valence-electron chi connectivity index (χ1n) is 7.86. The van der Waals surface area contributed by atoms with E-state index in [-0.39, 0.29) is 10.8 Å². The Bertz CT molecular complexity index is 659. The molecule has 0 aliphatic heterocycles. The number of esters is 1. The molecule has 0 aliphatic rings. The third-order valence-corrected chi connectivity index (χ3v) is 4.73. The number of benzene rings is 1.